The number of fused-ring (bicyclic) bond motifs is 3. The molecule has 0 spiro atoms. The van der Waals surface area contributed by atoms with Gasteiger partial charge in [-0.05, 0) is 81.2 Å². The molecule has 4 aromatic heterocycles. The minimum atomic E-state index is -0.386. The first-order valence-corrected chi connectivity index (χ1v) is 20.0. The number of aliphatic hydroxyl groups is 1. The van der Waals surface area contributed by atoms with Crippen LogP contribution in [0.1, 0.15) is 63.8 Å². The fourth-order valence-electron chi connectivity index (χ4n) is 8.50. The number of rotatable bonds is 9. The first-order valence-electron chi connectivity index (χ1n) is 19.1. The van der Waals surface area contributed by atoms with Crippen LogP contribution in [-0.2, 0) is 42.4 Å². The van der Waals surface area contributed by atoms with Crippen LogP contribution in [-0.4, -0.2) is 92.8 Å². The summed E-state index contributed by atoms with van der Waals surface area (Å²) >= 11 is 1.60. The van der Waals surface area contributed by atoms with E-state index in [1.165, 1.54) is 26.6 Å². The number of aromatic nitrogens is 4. The van der Waals surface area contributed by atoms with Gasteiger partial charge in [0, 0.05) is 86.9 Å². The van der Waals surface area contributed by atoms with Gasteiger partial charge in [0.15, 0.2) is 11.6 Å². The number of carbonyl (C=O) groups is 2. The van der Waals surface area contributed by atoms with Crippen LogP contribution in [0.2, 0.25) is 0 Å². The number of aliphatic hydroxyl groups excluding tert-OH is 1. The highest BCUT2D eigenvalue weighted by Gasteiger charge is 2.35. The number of nitrogens with zero attached hydrogens (tertiary/aromatic N) is 7. The summed E-state index contributed by atoms with van der Waals surface area (Å²) in [5, 5.41) is 16.8. The van der Waals surface area contributed by atoms with Gasteiger partial charge in [0.1, 0.15) is 5.82 Å². The van der Waals surface area contributed by atoms with Crippen LogP contribution in [0, 0.1) is 0 Å². The minimum absolute atomic E-state index is 0.0269. The number of thiophene rings is 1. The smallest absolute Gasteiger partial charge is 0.293 e. The molecule has 55 heavy (non-hydrogen) atoms. The summed E-state index contributed by atoms with van der Waals surface area (Å²) in [6.07, 6.45) is 13.2. The van der Waals surface area contributed by atoms with Crippen molar-refractivity contribution in [3.8, 4) is 11.3 Å². The molecule has 3 aliphatic heterocycles. The van der Waals surface area contributed by atoms with E-state index in [0.717, 1.165) is 82.7 Å². The zero-order chi connectivity index (χ0) is 38.2. The molecule has 14 nitrogen and oxygen atoms in total. The van der Waals surface area contributed by atoms with Crippen molar-refractivity contribution >= 4 is 52.0 Å². The summed E-state index contributed by atoms with van der Waals surface area (Å²) in [5.74, 6) is 0.573. The van der Waals surface area contributed by atoms with Gasteiger partial charge in [-0.25, -0.2) is 15.0 Å². The third-order valence-electron chi connectivity index (χ3n) is 11.3. The summed E-state index contributed by atoms with van der Waals surface area (Å²) in [6.45, 7) is 9.91. The molecule has 1 aliphatic carbocycles. The predicted molar refractivity (Wildman–Crippen MR) is 214 cm³/mol. The third kappa shape index (κ3) is 7.17. The summed E-state index contributed by atoms with van der Waals surface area (Å²) in [7, 11) is 1.63. The Morgan fingerprint density at radius 2 is 1.91 bits per heavy atom. The van der Waals surface area contributed by atoms with Crippen molar-refractivity contribution in [2.24, 2.45) is 7.05 Å². The molecule has 0 bridgehead atoms. The van der Waals surface area contributed by atoms with Crippen LogP contribution >= 0.6 is 11.3 Å². The van der Waals surface area contributed by atoms with E-state index in [1.807, 2.05) is 0 Å². The van der Waals surface area contributed by atoms with Gasteiger partial charge < -0.3 is 29.9 Å². The van der Waals surface area contributed by atoms with E-state index in [9.17, 15) is 19.5 Å². The molecule has 2 saturated heterocycles. The van der Waals surface area contributed by atoms with E-state index in [2.05, 4.69) is 38.9 Å². The van der Waals surface area contributed by atoms with Crippen molar-refractivity contribution in [2.75, 3.05) is 59.8 Å². The molecule has 1 atom stereocenters. The minimum Gasteiger partial charge on any atom is -0.392 e. The number of ether oxygens (including phenoxy) is 1. The summed E-state index contributed by atoms with van der Waals surface area (Å²) < 4.78 is 7.00. The fraction of sp³-hybridized carbons (Fsp3) is 0.450. The maximum Gasteiger partial charge on any atom is 0.293 e. The van der Waals surface area contributed by atoms with E-state index in [0.29, 0.717) is 52.4 Å². The highest BCUT2D eigenvalue weighted by molar-refractivity contribution is 7.14. The van der Waals surface area contributed by atoms with Gasteiger partial charge in [0.05, 0.1) is 34.7 Å². The second-order valence-corrected chi connectivity index (χ2v) is 15.8. The lowest BCUT2D eigenvalue weighted by molar-refractivity contribution is -0.111. The number of aryl methyl sites for hydroxylation is 2. The Morgan fingerprint density at radius 1 is 1.09 bits per heavy atom. The monoisotopic (exact) mass is 765 g/mol. The van der Waals surface area contributed by atoms with Crippen molar-refractivity contribution in [3.63, 3.8) is 0 Å². The van der Waals surface area contributed by atoms with Crippen molar-refractivity contribution in [3.05, 3.63) is 80.2 Å². The van der Waals surface area contributed by atoms with E-state index in [4.69, 9.17) is 14.7 Å². The van der Waals surface area contributed by atoms with Gasteiger partial charge >= 0.3 is 0 Å². The molecule has 288 valence electrons. The molecule has 3 N–H and O–H groups in total. The molecule has 1 unspecified atom stereocenters. The molecule has 2 amide bonds. The molecule has 0 radical (unpaired) electrons. The van der Waals surface area contributed by atoms with Gasteiger partial charge in [-0.1, -0.05) is 6.58 Å². The molecule has 4 aliphatic rings. The van der Waals surface area contributed by atoms with Crippen molar-refractivity contribution in [1.82, 2.24) is 24.4 Å². The molecule has 2 fully saturated rings. The molecule has 7 heterocycles. The average molecular weight is 766 g/mol. The van der Waals surface area contributed by atoms with E-state index in [-0.39, 0.29) is 35.8 Å². The Hall–Kier alpha value is -4.96. The molecular formula is C40H47N9O5S. The lowest BCUT2D eigenvalue weighted by Crippen LogP contribution is -2.56. The predicted octanol–water partition coefficient (Wildman–Crippen LogP) is 4.43. The molecule has 0 aromatic carbocycles. The maximum absolute atomic E-state index is 13.9. The number of pyridine rings is 2. The average Bonchev–Trinajstić information content (AvgIpc) is 3.59. The second-order valence-electron chi connectivity index (χ2n) is 14.7. The van der Waals surface area contributed by atoms with E-state index in [1.54, 1.807) is 54.0 Å². The normalized spacial score (nSPS) is 19.2. The van der Waals surface area contributed by atoms with Crippen LogP contribution < -0.4 is 26.0 Å². The van der Waals surface area contributed by atoms with E-state index >= 15 is 0 Å². The Kier molecular flexibility index (Phi) is 10.5. The summed E-state index contributed by atoms with van der Waals surface area (Å²) in [6, 6.07) is 4.12. The quantitative estimate of drug-likeness (QED) is 0.207. The fourth-order valence-corrected chi connectivity index (χ4v) is 9.88. The van der Waals surface area contributed by atoms with Crippen LogP contribution in [0.25, 0.3) is 11.3 Å². The van der Waals surface area contributed by atoms with Gasteiger partial charge in [-0.3, -0.25) is 24.2 Å². The molecular weight excluding hydrogens is 719 g/mol. The van der Waals surface area contributed by atoms with Crippen LogP contribution in [0.15, 0.2) is 48.2 Å². The summed E-state index contributed by atoms with van der Waals surface area (Å²) in [5.41, 5.74) is 4.49. The first-order chi connectivity index (χ1) is 26.7. The number of hydrogen-bond acceptors (Lipinski definition) is 12. The Balaban J connectivity index is 1.07. The lowest BCUT2D eigenvalue weighted by atomic mass is 9.92. The Labute approximate surface area is 323 Å². The van der Waals surface area contributed by atoms with Crippen molar-refractivity contribution in [1.29, 1.82) is 0 Å². The standard InChI is InChI=1S/C40H47N9O5S/c1-4-34(51)44-31-19-25(20-42-38(31)48-16-15-47(21-24(48)2)26-11-17-54-18-12-26)43-36-40(53)46(3)22-32(45-36)27-9-13-41-37(30(27)23-50)49-14-10-29-28-7-5-6-8-33(28)55-35(29)39(49)52/h4,9,13,19-20,22,24,26,50H,1,5-8,10-12,14-18,21,23H2,2-3H3,(H,43,45)(H,44,51). The number of piperazine rings is 1. The Bertz CT molecular complexity index is 2200. The van der Waals surface area contributed by atoms with Gasteiger partial charge in [0.25, 0.3) is 11.5 Å². The molecule has 0 saturated carbocycles. The first kappa shape index (κ1) is 37.0. The number of carbonyl (C=O) groups excluding carboxylic acids is 2. The zero-order valence-electron chi connectivity index (χ0n) is 31.3. The number of nitrogens with one attached hydrogen (secondary N) is 2. The van der Waals surface area contributed by atoms with Crippen LogP contribution in [0.5, 0.6) is 0 Å². The van der Waals surface area contributed by atoms with Crippen molar-refractivity contribution in [2.45, 2.75) is 70.6 Å². The van der Waals surface area contributed by atoms with Gasteiger partial charge in [-0.2, -0.15) is 0 Å². The summed E-state index contributed by atoms with van der Waals surface area (Å²) in [4.78, 5) is 62.7. The van der Waals surface area contributed by atoms with Gasteiger partial charge in [0.2, 0.25) is 5.91 Å². The highest BCUT2D eigenvalue weighted by Crippen LogP contribution is 2.40. The van der Waals surface area contributed by atoms with Crippen LogP contribution in [0.4, 0.5) is 28.8 Å². The topological polar surface area (TPSA) is 158 Å². The number of hydrogen-bond donors (Lipinski definition) is 3. The molecule has 15 heteroatoms. The largest absolute Gasteiger partial charge is 0.392 e. The zero-order valence-corrected chi connectivity index (χ0v) is 32.2. The highest BCUT2D eigenvalue weighted by atomic mass is 32.1. The second kappa shape index (κ2) is 15.6. The van der Waals surface area contributed by atoms with Gasteiger partial charge in [-0.15, -0.1) is 11.3 Å². The lowest BCUT2D eigenvalue weighted by Gasteiger charge is -2.45. The number of amides is 2. The van der Waals surface area contributed by atoms with Crippen molar-refractivity contribution < 1.29 is 19.4 Å². The SMILES string of the molecule is C=CC(=O)Nc1cc(Nc2nc(-c3ccnc(N4CCc5c(sc6c5CCCC6)C4=O)c3CO)cn(C)c2=O)cnc1N1CCN(C2CCOCC2)CC1C. The number of anilines is 5. The van der Waals surface area contributed by atoms with Crippen LogP contribution in [0.3, 0.4) is 0 Å². The maximum atomic E-state index is 13.9. The molecule has 4 aromatic rings. The molecule has 8 rings (SSSR count). The Morgan fingerprint density at radius 3 is 2.69 bits per heavy atom. The van der Waals surface area contributed by atoms with E-state index < -0.39 is 0 Å². The third-order valence-corrected chi connectivity index (χ3v) is 12.6.